The number of halogens is 3. The average Bonchev–Trinajstić information content (AvgIpc) is 1.82. The first-order valence-electron chi connectivity index (χ1n) is 3.25. The highest BCUT2D eigenvalue weighted by Gasteiger charge is 2.41. The zero-order valence-electron chi connectivity index (χ0n) is 6.72. The van der Waals surface area contributed by atoms with Crippen molar-refractivity contribution in [2.24, 2.45) is 0 Å². The van der Waals surface area contributed by atoms with Gasteiger partial charge in [0.15, 0.2) is 0 Å². The maximum atomic E-state index is 11.7. The topological polar surface area (TPSA) is 40.5 Å². The molecule has 72 valence electrons. The molecule has 0 saturated heterocycles. The summed E-state index contributed by atoms with van der Waals surface area (Å²) >= 11 is 0. The number of carbonyl (C=O) groups excluding carboxylic acids is 1. The Hall–Kier alpha value is -0.780. The van der Waals surface area contributed by atoms with Gasteiger partial charge in [-0.25, -0.2) is 0 Å². The molecule has 0 fully saturated rings. The van der Waals surface area contributed by atoms with Gasteiger partial charge in [0.05, 0.1) is 6.10 Å². The van der Waals surface area contributed by atoms with Gasteiger partial charge in [-0.2, -0.15) is 13.2 Å². The minimum Gasteiger partial charge on any atom is -0.392 e. The third kappa shape index (κ3) is 3.56. The molecule has 6 heteroatoms. The van der Waals surface area contributed by atoms with E-state index in [0.29, 0.717) is 4.90 Å². The van der Waals surface area contributed by atoms with Gasteiger partial charge in [0.1, 0.15) is 0 Å². The van der Waals surface area contributed by atoms with Crippen LogP contribution in [0, 0.1) is 0 Å². The van der Waals surface area contributed by atoms with Crippen molar-refractivity contribution in [1.82, 2.24) is 4.90 Å². The number of rotatable bonds is 2. The minimum absolute atomic E-state index is 0.321. The number of hydrogen-bond acceptors (Lipinski definition) is 2. The molecule has 0 rings (SSSR count). The zero-order chi connectivity index (χ0) is 9.94. The van der Waals surface area contributed by atoms with Crippen LogP contribution in [-0.2, 0) is 4.79 Å². The van der Waals surface area contributed by atoms with E-state index in [4.69, 9.17) is 5.11 Å². The summed E-state index contributed by atoms with van der Waals surface area (Å²) in [6.07, 6.45) is -5.81. The van der Waals surface area contributed by atoms with Gasteiger partial charge in [-0.15, -0.1) is 0 Å². The molecular weight excluding hydrogens is 175 g/mol. The van der Waals surface area contributed by atoms with E-state index < -0.39 is 18.2 Å². The number of nitrogens with zero attached hydrogens (tertiary/aromatic N) is 1. The molecule has 0 saturated carbocycles. The Bertz CT molecular complexity index is 167. The maximum Gasteiger partial charge on any atom is 0.471 e. The number of likely N-dealkylation sites (N-methyl/N-ethyl adjacent to an activating group) is 1. The van der Waals surface area contributed by atoms with Crippen molar-refractivity contribution in [2.45, 2.75) is 19.2 Å². The summed E-state index contributed by atoms with van der Waals surface area (Å²) in [5.41, 5.74) is 0. The lowest BCUT2D eigenvalue weighted by atomic mass is 10.3. The van der Waals surface area contributed by atoms with Crippen molar-refractivity contribution < 1.29 is 23.1 Å². The SMILES string of the molecule is C[C@H](O)CN(C)C(=O)C(F)(F)F. The first-order chi connectivity index (χ1) is 5.25. The van der Waals surface area contributed by atoms with Gasteiger partial charge < -0.3 is 10.0 Å². The van der Waals surface area contributed by atoms with E-state index in [1.807, 2.05) is 0 Å². The average molecular weight is 185 g/mol. The molecule has 0 heterocycles. The smallest absolute Gasteiger partial charge is 0.392 e. The Morgan fingerprint density at radius 2 is 2.00 bits per heavy atom. The van der Waals surface area contributed by atoms with Crippen molar-refractivity contribution >= 4 is 5.91 Å². The second kappa shape index (κ2) is 3.75. The Morgan fingerprint density at radius 3 is 2.25 bits per heavy atom. The van der Waals surface area contributed by atoms with E-state index in [9.17, 15) is 18.0 Å². The van der Waals surface area contributed by atoms with Crippen molar-refractivity contribution in [3.8, 4) is 0 Å². The van der Waals surface area contributed by atoms with E-state index in [0.717, 1.165) is 7.05 Å². The van der Waals surface area contributed by atoms with Crippen LogP contribution in [0.15, 0.2) is 0 Å². The molecule has 0 aliphatic heterocycles. The highest BCUT2D eigenvalue weighted by Crippen LogP contribution is 2.17. The molecule has 1 amide bonds. The minimum atomic E-state index is -4.86. The molecule has 0 spiro atoms. The molecule has 0 aliphatic rings. The zero-order valence-corrected chi connectivity index (χ0v) is 6.72. The summed E-state index contributed by atoms with van der Waals surface area (Å²) in [6, 6.07) is 0. The molecule has 0 radical (unpaired) electrons. The second-order valence-corrected chi connectivity index (χ2v) is 2.53. The van der Waals surface area contributed by atoms with Crippen molar-refractivity contribution in [3.63, 3.8) is 0 Å². The summed E-state index contributed by atoms with van der Waals surface area (Å²) < 4.78 is 35.0. The number of alkyl halides is 3. The molecule has 0 bridgehead atoms. The van der Waals surface area contributed by atoms with Gasteiger partial charge in [-0.3, -0.25) is 4.79 Å². The van der Waals surface area contributed by atoms with Crippen LogP contribution in [0.1, 0.15) is 6.92 Å². The standard InChI is InChI=1S/C6H10F3NO2/c1-4(11)3-10(2)5(12)6(7,8)9/h4,11H,3H2,1-2H3/t4-/m0/s1. The number of aliphatic hydroxyl groups excluding tert-OH is 1. The van der Waals surface area contributed by atoms with Crippen LogP contribution < -0.4 is 0 Å². The fourth-order valence-electron chi connectivity index (χ4n) is 0.696. The number of hydrogen-bond donors (Lipinski definition) is 1. The Kier molecular flexibility index (Phi) is 3.51. The normalized spacial score (nSPS) is 14.2. The van der Waals surface area contributed by atoms with Gasteiger partial charge >= 0.3 is 12.1 Å². The third-order valence-electron chi connectivity index (χ3n) is 1.13. The number of carbonyl (C=O) groups is 1. The quantitative estimate of drug-likeness (QED) is 0.676. The monoisotopic (exact) mass is 185 g/mol. The summed E-state index contributed by atoms with van der Waals surface area (Å²) in [5, 5.41) is 8.68. The second-order valence-electron chi connectivity index (χ2n) is 2.53. The van der Waals surface area contributed by atoms with Crippen LogP contribution in [0.2, 0.25) is 0 Å². The summed E-state index contributed by atoms with van der Waals surface area (Å²) in [4.78, 5) is 10.8. The number of aliphatic hydroxyl groups is 1. The molecule has 0 aliphatic carbocycles. The lowest BCUT2D eigenvalue weighted by Crippen LogP contribution is -2.41. The highest BCUT2D eigenvalue weighted by atomic mass is 19.4. The van der Waals surface area contributed by atoms with Crippen LogP contribution in [0.4, 0.5) is 13.2 Å². The van der Waals surface area contributed by atoms with Crippen LogP contribution in [-0.4, -0.2) is 41.8 Å². The summed E-state index contributed by atoms with van der Waals surface area (Å²) in [7, 11) is 0.989. The first kappa shape index (κ1) is 11.2. The van der Waals surface area contributed by atoms with Crippen molar-refractivity contribution in [1.29, 1.82) is 0 Å². The van der Waals surface area contributed by atoms with Crippen LogP contribution >= 0.6 is 0 Å². The summed E-state index contributed by atoms with van der Waals surface area (Å²) in [6.45, 7) is 0.985. The molecule has 0 aromatic carbocycles. The first-order valence-corrected chi connectivity index (χ1v) is 3.25. The van der Waals surface area contributed by atoms with Crippen LogP contribution in [0.25, 0.3) is 0 Å². The Balaban J connectivity index is 4.12. The molecular formula is C6H10F3NO2. The predicted octanol–water partition coefficient (Wildman–Crippen LogP) is 0.388. The molecule has 1 N–H and O–H groups in total. The van der Waals surface area contributed by atoms with Gasteiger partial charge in [-0.1, -0.05) is 0 Å². The van der Waals surface area contributed by atoms with Crippen LogP contribution in [0.3, 0.4) is 0 Å². The lowest BCUT2D eigenvalue weighted by molar-refractivity contribution is -0.184. The fraction of sp³-hybridized carbons (Fsp3) is 0.833. The molecule has 3 nitrogen and oxygen atoms in total. The van der Waals surface area contributed by atoms with E-state index in [1.54, 1.807) is 0 Å². The van der Waals surface area contributed by atoms with Gasteiger partial charge in [0, 0.05) is 13.6 Å². The van der Waals surface area contributed by atoms with Gasteiger partial charge in [-0.05, 0) is 6.92 Å². The largest absolute Gasteiger partial charge is 0.471 e. The fourth-order valence-corrected chi connectivity index (χ4v) is 0.696. The lowest BCUT2D eigenvalue weighted by Gasteiger charge is -2.19. The van der Waals surface area contributed by atoms with Gasteiger partial charge in [0.2, 0.25) is 0 Å². The predicted molar refractivity (Wildman–Crippen MR) is 35.4 cm³/mol. The van der Waals surface area contributed by atoms with E-state index in [-0.39, 0.29) is 6.54 Å². The van der Waals surface area contributed by atoms with Gasteiger partial charge in [0.25, 0.3) is 0 Å². The third-order valence-corrected chi connectivity index (χ3v) is 1.13. The Labute approximate surface area is 67.8 Å². The van der Waals surface area contributed by atoms with E-state index >= 15 is 0 Å². The molecule has 12 heavy (non-hydrogen) atoms. The van der Waals surface area contributed by atoms with Crippen molar-refractivity contribution in [3.05, 3.63) is 0 Å². The van der Waals surface area contributed by atoms with Crippen molar-refractivity contribution in [2.75, 3.05) is 13.6 Å². The number of amides is 1. The van der Waals surface area contributed by atoms with E-state index in [2.05, 4.69) is 0 Å². The summed E-state index contributed by atoms with van der Waals surface area (Å²) in [5.74, 6) is -1.94. The molecule has 1 atom stereocenters. The molecule has 0 aromatic heterocycles. The van der Waals surface area contributed by atoms with Crippen LogP contribution in [0.5, 0.6) is 0 Å². The Morgan fingerprint density at radius 1 is 1.58 bits per heavy atom. The molecule has 0 unspecified atom stereocenters. The van der Waals surface area contributed by atoms with E-state index in [1.165, 1.54) is 6.92 Å². The molecule has 0 aromatic rings. The maximum absolute atomic E-state index is 11.7. The highest BCUT2D eigenvalue weighted by molar-refractivity contribution is 5.81.